The van der Waals surface area contributed by atoms with E-state index in [4.69, 9.17) is 11.6 Å². The zero-order chi connectivity index (χ0) is 13.1. The van der Waals surface area contributed by atoms with Gasteiger partial charge in [0.25, 0.3) is 5.91 Å². The van der Waals surface area contributed by atoms with Crippen LogP contribution in [0.1, 0.15) is 21.5 Å². The molecule has 0 saturated heterocycles. The molecule has 2 heterocycles. The molecule has 18 heavy (non-hydrogen) atoms. The molecule has 1 atom stereocenters. The predicted octanol–water partition coefficient (Wildman–Crippen LogP) is 2.20. The second kappa shape index (κ2) is 5.56. The van der Waals surface area contributed by atoms with E-state index in [1.165, 1.54) is 11.3 Å². The number of hydrogen-bond donors (Lipinski definition) is 2. The summed E-state index contributed by atoms with van der Waals surface area (Å²) in [5.74, 6) is -0.204. The van der Waals surface area contributed by atoms with Crippen LogP contribution in [0.15, 0.2) is 30.5 Å². The molecule has 2 aromatic heterocycles. The van der Waals surface area contributed by atoms with E-state index in [0.29, 0.717) is 10.0 Å². The molecule has 1 amide bonds. The van der Waals surface area contributed by atoms with Gasteiger partial charge in [-0.1, -0.05) is 11.6 Å². The summed E-state index contributed by atoms with van der Waals surface area (Å²) in [5, 5.41) is 12.6. The van der Waals surface area contributed by atoms with Crippen molar-refractivity contribution in [2.75, 3.05) is 6.54 Å². The summed E-state index contributed by atoms with van der Waals surface area (Å²) in [4.78, 5) is 12.5. The van der Waals surface area contributed by atoms with Gasteiger partial charge in [-0.05, 0) is 24.3 Å². The molecule has 6 heteroatoms. The SMILES string of the molecule is Cn1cccc1C(=O)NCC(O)c1ccc(Cl)s1. The van der Waals surface area contributed by atoms with E-state index in [9.17, 15) is 9.90 Å². The van der Waals surface area contributed by atoms with E-state index in [-0.39, 0.29) is 12.5 Å². The average Bonchev–Trinajstić information content (AvgIpc) is 2.94. The van der Waals surface area contributed by atoms with E-state index in [2.05, 4.69) is 5.32 Å². The third-order valence-electron chi connectivity index (χ3n) is 2.55. The van der Waals surface area contributed by atoms with Crippen molar-refractivity contribution in [3.05, 3.63) is 45.4 Å². The first-order valence-electron chi connectivity index (χ1n) is 5.41. The molecule has 2 N–H and O–H groups in total. The van der Waals surface area contributed by atoms with E-state index < -0.39 is 6.10 Å². The Hall–Kier alpha value is -1.30. The second-order valence-corrected chi connectivity index (χ2v) is 5.62. The van der Waals surface area contributed by atoms with Crippen LogP contribution in [0.3, 0.4) is 0 Å². The Bertz CT molecular complexity index is 550. The Kier molecular flexibility index (Phi) is 4.06. The van der Waals surface area contributed by atoms with Crippen molar-refractivity contribution in [2.24, 2.45) is 7.05 Å². The molecular weight excluding hydrogens is 272 g/mol. The number of thiophene rings is 1. The van der Waals surface area contributed by atoms with Crippen molar-refractivity contribution in [1.29, 1.82) is 0 Å². The molecule has 0 fully saturated rings. The number of nitrogens with zero attached hydrogens (tertiary/aromatic N) is 1. The summed E-state index contributed by atoms with van der Waals surface area (Å²) >= 11 is 7.09. The van der Waals surface area contributed by atoms with Crippen molar-refractivity contribution in [3.63, 3.8) is 0 Å². The quantitative estimate of drug-likeness (QED) is 0.904. The number of aliphatic hydroxyl groups is 1. The smallest absolute Gasteiger partial charge is 0.267 e. The van der Waals surface area contributed by atoms with Crippen molar-refractivity contribution in [3.8, 4) is 0 Å². The van der Waals surface area contributed by atoms with Gasteiger partial charge in [0.15, 0.2) is 0 Å². The summed E-state index contributed by atoms with van der Waals surface area (Å²) in [6, 6.07) is 7.00. The fraction of sp³-hybridized carbons (Fsp3) is 0.250. The Morgan fingerprint density at radius 1 is 1.56 bits per heavy atom. The van der Waals surface area contributed by atoms with Crippen LogP contribution in [0.2, 0.25) is 4.34 Å². The highest BCUT2D eigenvalue weighted by Gasteiger charge is 2.13. The number of carbonyl (C=O) groups excluding carboxylic acids is 1. The van der Waals surface area contributed by atoms with Crippen LogP contribution < -0.4 is 5.32 Å². The van der Waals surface area contributed by atoms with Crippen LogP contribution in [-0.2, 0) is 7.05 Å². The maximum Gasteiger partial charge on any atom is 0.267 e. The van der Waals surface area contributed by atoms with Crippen LogP contribution in [-0.4, -0.2) is 22.1 Å². The number of aliphatic hydroxyl groups excluding tert-OH is 1. The van der Waals surface area contributed by atoms with Crippen LogP contribution in [0.25, 0.3) is 0 Å². The second-order valence-electron chi connectivity index (χ2n) is 3.87. The fourth-order valence-electron chi connectivity index (χ4n) is 1.58. The van der Waals surface area contributed by atoms with Crippen molar-refractivity contribution in [1.82, 2.24) is 9.88 Å². The average molecular weight is 285 g/mol. The number of carbonyl (C=O) groups is 1. The Morgan fingerprint density at radius 3 is 2.89 bits per heavy atom. The van der Waals surface area contributed by atoms with Gasteiger partial charge >= 0.3 is 0 Å². The number of hydrogen-bond acceptors (Lipinski definition) is 3. The lowest BCUT2D eigenvalue weighted by atomic mass is 10.3. The van der Waals surface area contributed by atoms with Gasteiger partial charge in [0.1, 0.15) is 11.8 Å². The summed E-state index contributed by atoms with van der Waals surface area (Å²) in [6.07, 6.45) is 1.07. The molecule has 0 bridgehead atoms. The van der Waals surface area contributed by atoms with Gasteiger partial charge < -0.3 is 15.0 Å². The largest absolute Gasteiger partial charge is 0.386 e. The third-order valence-corrected chi connectivity index (χ3v) is 3.89. The highest BCUT2D eigenvalue weighted by molar-refractivity contribution is 7.16. The standard InChI is InChI=1S/C12H13ClN2O2S/c1-15-6-2-3-8(15)12(17)14-7-9(16)10-4-5-11(13)18-10/h2-6,9,16H,7H2,1H3,(H,14,17). The van der Waals surface area contributed by atoms with Crippen molar-refractivity contribution >= 4 is 28.8 Å². The van der Waals surface area contributed by atoms with E-state index in [1.807, 2.05) is 0 Å². The maximum atomic E-state index is 11.8. The minimum Gasteiger partial charge on any atom is -0.386 e. The predicted molar refractivity (Wildman–Crippen MR) is 72.0 cm³/mol. The normalized spacial score (nSPS) is 12.4. The first-order chi connectivity index (χ1) is 8.58. The molecule has 0 aliphatic rings. The lowest BCUT2D eigenvalue weighted by Crippen LogP contribution is -2.29. The first kappa shape index (κ1) is 13.1. The van der Waals surface area contributed by atoms with Gasteiger partial charge in [-0.3, -0.25) is 4.79 Å². The zero-order valence-electron chi connectivity index (χ0n) is 9.76. The number of aryl methyl sites for hydroxylation is 1. The van der Waals surface area contributed by atoms with Crippen LogP contribution >= 0.6 is 22.9 Å². The molecule has 4 nitrogen and oxygen atoms in total. The Morgan fingerprint density at radius 2 is 2.33 bits per heavy atom. The van der Waals surface area contributed by atoms with Crippen molar-refractivity contribution < 1.29 is 9.90 Å². The lowest BCUT2D eigenvalue weighted by molar-refractivity contribution is 0.0910. The topological polar surface area (TPSA) is 54.3 Å². The summed E-state index contributed by atoms with van der Waals surface area (Å²) < 4.78 is 2.35. The Balaban J connectivity index is 1.92. The lowest BCUT2D eigenvalue weighted by Gasteiger charge is -2.10. The number of rotatable bonds is 4. The molecule has 0 aromatic carbocycles. The van der Waals surface area contributed by atoms with Crippen LogP contribution in [0.5, 0.6) is 0 Å². The monoisotopic (exact) mass is 284 g/mol. The maximum absolute atomic E-state index is 11.8. The molecule has 0 saturated carbocycles. The molecule has 0 spiro atoms. The number of nitrogens with one attached hydrogen (secondary N) is 1. The van der Waals surface area contributed by atoms with Gasteiger partial charge in [-0.25, -0.2) is 0 Å². The Labute approximate surface area is 114 Å². The highest BCUT2D eigenvalue weighted by Crippen LogP contribution is 2.26. The van der Waals surface area contributed by atoms with E-state index in [1.54, 1.807) is 42.1 Å². The first-order valence-corrected chi connectivity index (χ1v) is 6.60. The molecule has 1 unspecified atom stereocenters. The summed E-state index contributed by atoms with van der Waals surface area (Å²) in [5.41, 5.74) is 0.561. The molecule has 96 valence electrons. The van der Waals surface area contributed by atoms with Gasteiger partial charge in [0, 0.05) is 24.7 Å². The third kappa shape index (κ3) is 2.93. The van der Waals surface area contributed by atoms with Gasteiger partial charge in [-0.15, -0.1) is 11.3 Å². The fourth-order valence-corrected chi connectivity index (χ4v) is 2.63. The minimum absolute atomic E-state index is 0.168. The highest BCUT2D eigenvalue weighted by atomic mass is 35.5. The van der Waals surface area contributed by atoms with Gasteiger partial charge in [-0.2, -0.15) is 0 Å². The zero-order valence-corrected chi connectivity index (χ0v) is 11.3. The molecule has 0 radical (unpaired) electrons. The number of amides is 1. The van der Waals surface area contributed by atoms with E-state index >= 15 is 0 Å². The minimum atomic E-state index is -0.730. The number of aromatic nitrogens is 1. The molecule has 0 aliphatic heterocycles. The van der Waals surface area contributed by atoms with Crippen LogP contribution in [0.4, 0.5) is 0 Å². The summed E-state index contributed by atoms with van der Waals surface area (Å²) in [7, 11) is 1.80. The molecule has 2 rings (SSSR count). The van der Waals surface area contributed by atoms with E-state index in [0.717, 1.165) is 4.88 Å². The number of halogens is 1. The van der Waals surface area contributed by atoms with Crippen molar-refractivity contribution in [2.45, 2.75) is 6.10 Å². The molecular formula is C12H13ClN2O2S. The molecule has 0 aliphatic carbocycles. The van der Waals surface area contributed by atoms with Crippen LogP contribution in [0, 0.1) is 0 Å². The van der Waals surface area contributed by atoms with Gasteiger partial charge in [0.2, 0.25) is 0 Å². The molecule has 2 aromatic rings. The summed E-state index contributed by atoms with van der Waals surface area (Å²) in [6.45, 7) is 0.168. The van der Waals surface area contributed by atoms with Gasteiger partial charge in [0.05, 0.1) is 4.34 Å².